The Hall–Kier alpha value is -0.120. The van der Waals surface area contributed by atoms with Crippen LogP contribution < -0.4 is 11.2 Å². The maximum atomic E-state index is 5.78. The molecule has 0 bridgehead atoms. The highest BCUT2D eigenvalue weighted by atomic mass is 16.6. The van der Waals surface area contributed by atoms with Crippen molar-refractivity contribution in [3.8, 4) is 0 Å². The van der Waals surface area contributed by atoms with Gasteiger partial charge in [-0.1, -0.05) is 0 Å². The fourth-order valence-corrected chi connectivity index (χ4v) is 0.360. The number of hydrogen-bond donors (Lipinski definition) is 2. The molecule has 0 aliphatic rings. The Morgan fingerprint density at radius 3 is 2.40 bits per heavy atom. The minimum Gasteiger partial charge on any atom is -0.324 e. The topological polar surface area (TPSA) is 47.3 Å². The first-order valence-electron chi connectivity index (χ1n) is 3.64. The van der Waals surface area contributed by atoms with E-state index in [0.29, 0.717) is 6.61 Å². The Kier molecular flexibility index (Phi) is 3.86. The standard InChI is InChI=1S/C7H18N2O/c1-5-10-9-6(2)7(3,4)8/h6,9H,5,8H2,1-4H3. The molecule has 0 rings (SSSR count). The predicted octanol–water partition coefficient (Wildman–Crippen LogP) is 0.653. The molecule has 62 valence electrons. The van der Waals surface area contributed by atoms with Crippen LogP contribution in [0.15, 0.2) is 0 Å². The van der Waals surface area contributed by atoms with E-state index in [1.165, 1.54) is 0 Å². The highest BCUT2D eigenvalue weighted by Gasteiger charge is 2.19. The van der Waals surface area contributed by atoms with Crippen LogP contribution in [-0.4, -0.2) is 18.2 Å². The van der Waals surface area contributed by atoms with E-state index in [4.69, 9.17) is 10.6 Å². The molecular formula is C7H18N2O. The van der Waals surface area contributed by atoms with E-state index in [0.717, 1.165) is 0 Å². The van der Waals surface area contributed by atoms with Crippen molar-refractivity contribution in [1.82, 2.24) is 5.48 Å². The van der Waals surface area contributed by atoms with Crippen molar-refractivity contribution < 1.29 is 4.84 Å². The average molecular weight is 146 g/mol. The predicted molar refractivity (Wildman–Crippen MR) is 42.5 cm³/mol. The quantitative estimate of drug-likeness (QED) is 0.573. The molecule has 0 aliphatic carbocycles. The Morgan fingerprint density at radius 2 is 2.10 bits per heavy atom. The molecule has 0 saturated heterocycles. The molecule has 0 aromatic rings. The van der Waals surface area contributed by atoms with Gasteiger partial charge in [0.2, 0.25) is 0 Å². The van der Waals surface area contributed by atoms with Crippen molar-refractivity contribution in [2.75, 3.05) is 6.61 Å². The number of nitrogens with one attached hydrogen (secondary N) is 1. The highest BCUT2D eigenvalue weighted by molar-refractivity contribution is 4.82. The molecule has 0 amide bonds. The number of hydrogen-bond acceptors (Lipinski definition) is 3. The molecule has 0 aliphatic heterocycles. The average Bonchev–Trinajstić information content (AvgIpc) is 1.80. The summed E-state index contributed by atoms with van der Waals surface area (Å²) < 4.78 is 0. The largest absolute Gasteiger partial charge is 0.324 e. The molecule has 0 aromatic heterocycles. The lowest BCUT2D eigenvalue weighted by Crippen LogP contribution is -2.51. The normalized spacial score (nSPS) is 15.3. The van der Waals surface area contributed by atoms with Gasteiger partial charge in [0, 0.05) is 11.6 Å². The summed E-state index contributed by atoms with van der Waals surface area (Å²) in [6.07, 6.45) is 0. The second-order valence-electron chi connectivity index (χ2n) is 3.09. The van der Waals surface area contributed by atoms with Gasteiger partial charge in [-0.25, -0.2) is 0 Å². The van der Waals surface area contributed by atoms with Crippen LogP contribution in [-0.2, 0) is 4.84 Å². The lowest BCUT2D eigenvalue weighted by molar-refractivity contribution is 0.0131. The minimum atomic E-state index is -0.227. The maximum absolute atomic E-state index is 5.78. The maximum Gasteiger partial charge on any atom is 0.0654 e. The molecule has 3 N–H and O–H groups in total. The fourth-order valence-electron chi connectivity index (χ4n) is 0.360. The number of nitrogens with two attached hydrogens (primary N) is 1. The summed E-state index contributed by atoms with van der Waals surface area (Å²) in [6, 6.07) is 0.174. The van der Waals surface area contributed by atoms with Gasteiger partial charge < -0.3 is 10.6 Å². The molecule has 0 heterocycles. The summed E-state index contributed by atoms with van der Waals surface area (Å²) in [5, 5.41) is 0. The lowest BCUT2D eigenvalue weighted by Gasteiger charge is -2.27. The van der Waals surface area contributed by atoms with Gasteiger partial charge in [0.05, 0.1) is 6.61 Å². The number of rotatable bonds is 4. The Bertz CT molecular complexity index is 88.1. The summed E-state index contributed by atoms with van der Waals surface area (Å²) in [7, 11) is 0. The Balaban J connectivity index is 3.52. The zero-order chi connectivity index (χ0) is 8.20. The van der Waals surface area contributed by atoms with Crippen molar-refractivity contribution in [3.05, 3.63) is 0 Å². The van der Waals surface area contributed by atoms with E-state index in [1.807, 2.05) is 27.7 Å². The third-order valence-electron chi connectivity index (χ3n) is 1.52. The Labute approximate surface area is 62.9 Å². The van der Waals surface area contributed by atoms with Gasteiger partial charge in [-0.05, 0) is 27.7 Å². The fraction of sp³-hybridized carbons (Fsp3) is 1.00. The third-order valence-corrected chi connectivity index (χ3v) is 1.52. The van der Waals surface area contributed by atoms with Gasteiger partial charge >= 0.3 is 0 Å². The monoisotopic (exact) mass is 146 g/mol. The summed E-state index contributed by atoms with van der Waals surface area (Å²) in [5.41, 5.74) is 8.40. The third kappa shape index (κ3) is 3.82. The molecule has 0 saturated carbocycles. The van der Waals surface area contributed by atoms with Crippen LogP contribution in [0.1, 0.15) is 27.7 Å². The minimum absolute atomic E-state index is 0.174. The van der Waals surface area contributed by atoms with Crippen molar-refractivity contribution in [3.63, 3.8) is 0 Å². The van der Waals surface area contributed by atoms with Gasteiger partial charge in [-0.15, -0.1) is 0 Å². The zero-order valence-electron chi connectivity index (χ0n) is 7.27. The molecule has 0 aromatic carbocycles. The molecule has 1 atom stereocenters. The Morgan fingerprint density at radius 1 is 1.60 bits per heavy atom. The van der Waals surface area contributed by atoms with Crippen molar-refractivity contribution in [2.45, 2.75) is 39.3 Å². The van der Waals surface area contributed by atoms with E-state index >= 15 is 0 Å². The van der Waals surface area contributed by atoms with Crippen LogP contribution >= 0.6 is 0 Å². The van der Waals surface area contributed by atoms with Crippen LogP contribution in [0.3, 0.4) is 0 Å². The van der Waals surface area contributed by atoms with Crippen molar-refractivity contribution in [1.29, 1.82) is 0 Å². The van der Waals surface area contributed by atoms with Gasteiger partial charge in [0.25, 0.3) is 0 Å². The van der Waals surface area contributed by atoms with E-state index in [1.54, 1.807) is 0 Å². The second-order valence-corrected chi connectivity index (χ2v) is 3.09. The second kappa shape index (κ2) is 3.91. The van der Waals surface area contributed by atoms with Crippen LogP contribution in [0.25, 0.3) is 0 Å². The van der Waals surface area contributed by atoms with Crippen molar-refractivity contribution in [2.24, 2.45) is 5.73 Å². The molecular weight excluding hydrogens is 128 g/mol. The molecule has 0 spiro atoms. The first-order chi connectivity index (χ1) is 4.48. The first kappa shape index (κ1) is 9.88. The van der Waals surface area contributed by atoms with Crippen LogP contribution in [0.5, 0.6) is 0 Å². The number of hydroxylamine groups is 1. The van der Waals surface area contributed by atoms with E-state index in [-0.39, 0.29) is 11.6 Å². The summed E-state index contributed by atoms with van der Waals surface area (Å²) >= 11 is 0. The molecule has 0 fully saturated rings. The van der Waals surface area contributed by atoms with E-state index in [9.17, 15) is 0 Å². The molecule has 3 heteroatoms. The summed E-state index contributed by atoms with van der Waals surface area (Å²) in [4.78, 5) is 4.99. The van der Waals surface area contributed by atoms with E-state index in [2.05, 4.69) is 5.48 Å². The van der Waals surface area contributed by atoms with Crippen LogP contribution in [0.4, 0.5) is 0 Å². The van der Waals surface area contributed by atoms with Gasteiger partial charge in [0.1, 0.15) is 0 Å². The van der Waals surface area contributed by atoms with E-state index < -0.39 is 0 Å². The molecule has 3 nitrogen and oxygen atoms in total. The molecule has 1 unspecified atom stereocenters. The molecule has 0 radical (unpaired) electrons. The summed E-state index contributed by atoms with van der Waals surface area (Å²) in [6.45, 7) is 8.52. The summed E-state index contributed by atoms with van der Waals surface area (Å²) in [5.74, 6) is 0. The van der Waals surface area contributed by atoms with Crippen LogP contribution in [0, 0.1) is 0 Å². The van der Waals surface area contributed by atoms with Gasteiger partial charge in [-0.3, -0.25) is 0 Å². The van der Waals surface area contributed by atoms with Gasteiger partial charge in [0.15, 0.2) is 0 Å². The molecule has 10 heavy (non-hydrogen) atoms. The van der Waals surface area contributed by atoms with Crippen molar-refractivity contribution >= 4 is 0 Å². The smallest absolute Gasteiger partial charge is 0.0654 e. The highest BCUT2D eigenvalue weighted by Crippen LogP contribution is 2.02. The zero-order valence-corrected chi connectivity index (χ0v) is 7.27. The van der Waals surface area contributed by atoms with Crippen LogP contribution in [0.2, 0.25) is 0 Å². The SMILES string of the molecule is CCONC(C)C(C)(C)N. The first-order valence-corrected chi connectivity index (χ1v) is 3.64. The lowest BCUT2D eigenvalue weighted by atomic mass is 9.99. The van der Waals surface area contributed by atoms with Gasteiger partial charge in [-0.2, -0.15) is 5.48 Å².